The van der Waals surface area contributed by atoms with E-state index in [1.165, 1.54) is 37.8 Å². The van der Waals surface area contributed by atoms with Gasteiger partial charge in [0.25, 0.3) is 0 Å². The van der Waals surface area contributed by atoms with Gasteiger partial charge in [0, 0.05) is 37.6 Å². The molecule has 5 aliphatic rings. The van der Waals surface area contributed by atoms with Gasteiger partial charge in [-0.1, -0.05) is 12.8 Å². The van der Waals surface area contributed by atoms with E-state index in [4.69, 9.17) is 4.74 Å². The Hall–Kier alpha value is -1.26. The van der Waals surface area contributed by atoms with E-state index >= 15 is 0 Å². The third-order valence-corrected chi connectivity index (χ3v) is 8.70. The smallest absolute Gasteiger partial charge is 0.142 e. The van der Waals surface area contributed by atoms with Gasteiger partial charge in [-0.25, -0.2) is 0 Å². The summed E-state index contributed by atoms with van der Waals surface area (Å²) in [5.41, 5.74) is 5.45. The second-order valence-corrected chi connectivity index (χ2v) is 9.53. The van der Waals surface area contributed by atoms with Crippen molar-refractivity contribution in [2.75, 3.05) is 52.3 Å². The molecule has 4 fully saturated rings. The summed E-state index contributed by atoms with van der Waals surface area (Å²) < 4.78 is 5.94. The fraction of sp³-hybridized carbons (Fsp3) is 0.727. The summed E-state index contributed by atoms with van der Waals surface area (Å²) in [5.74, 6) is 1.99. The number of rotatable bonds is 2. The number of ether oxygens (including phenoxy) is 1. The van der Waals surface area contributed by atoms with Gasteiger partial charge in [0.1, 0.15) is 5.75 Å². The Labute approximate surface area is 157 Å². The zero-order valence-corrected chi connectivity index (χ0v) is 16.4. The van der Waals surface area contributed by atoms with Crippen LogP contribution in [0, 0.1) is 5.92 Å². The van der Waals surface area contributed by atoms with Gasteiger partial charge in [0.2, 0.25) is 0 Å². The van der Waals surface area contributed by atoms with Crippen LogP contribution in [0.25, 0.3) is 0 Å². The van der Waals surface area contributed by atoms with Crippen LogP contribution in [0.4, 0.5) is 5.69 Å². The molecule has 0 radical (unpaired) electrons. The number of fused-ring (bicyclic) bond motifs is 2. The van der Waals surface area contributed by atoms with Crippen LogP contribution in [0.15, 0.2) is 12.1 Å². The van der Waals surface area contributed by atoms with Crippen LogP contribution in [0.2, 0.25) is 0 Å². The number of methoxy groups -OCH3 is 1. The minimum absolute atomic E-state index is 0.359. The third kappa shape index (κ3) is 1.65. The van der Waals surface area contributed by atoms with Gasteiger partial charge in [-0.3, -0.25) is 4.90 Å². The number of hydrogen-bond donors (Lipinski definition) is 0. The molecule has 5 atom stereocenters. The number of likely N-dealkylation sites (N-methyl/N-ethyl adjacent to an activating group) is 2. The number of benzene rings is 1. The normalized spacial score (nSPS) is 43.0. The van der Waals surface area contributed by atoms with Gasteiger partial charge in [-0.15, -0.1) is 0 Å². The molecule has 2 heterocycles. The quantitative estimate of drug-likeness (QED) is 0.761. The molecule has 26 heavy (non-hydrogen) atoms. The van der Waals surface area contributed by atoms with Crippen molar-refractivity contribution >= 4 is 5.69 Å². The Balaban J connectivity index is 1.48. The van der Waals surface area contributed by atoms with Crippen LogP contribution in [-0.2, 0) is 11.0 Å². The molecular formula is C22H31N3O. The molecule has 2 aliphatic heterocycles. The van der Waals surface area contributed by atoms with Gasteiger partial charge in [-0.2, -0.15) is 0 Å². The standard InChI is InChI=1S/C22H31N3O/c1-23-8-10-25(11-9-23)18-12-17-16(13-19(18)26-3)21-7-5-4-6-15(21)20-22(17,14-21)24(20)2/h12-13,15,20H,4-11,14H2,1-3H3/t15-,20-,21+,22?,24?/m1/s1. The molecular weight excluding hydrogens is 322 g/mol. The highest BCUT2D eigenvalue weighted by molar-refractivity contribution is 5.69. The molecule has 6 rings (SSSR count). The van der Waals surface area contributed by atoms with E-state index in [2.05, 4.69) is 40.9 Å². The van der Waals surface area contributed by atoms with Gasteiger partial charge in [0.05, 0.1) is 18.3 Å². The van der Waals surface area contributed by atoms with Gasteiger partial charge in [-0.05, 0) is 62.5 Å². The maximum Gasteiger partial charge on any atom is 0.142 e. The van der Waals surface area contributed by atoms with Crippen molar-refractivity contribution in [3.63, 3.8) is 0 Å². The van der Waals surface area contributed by atoms with Crippen LogP contribution >= 0.6 is 0 Å². The van der Waals surface area contributed by atoms with E-state index in [1.807, 2.05) is 7.11 Å². The zero-order chi connectivity index (χ0) is 17.7. The minimum atomic E-state index is 0.359. The van der Waals surface area contributed by atoms with Crippen molar-refractivity contribution in [2.45, 2.75) is 49.1 Å². The van der Waals surface area contributed by atoms with E-state index in [1.54, 1.807) is 11.1 Å². The molecule has 4 nitrogen and oxygen atoms in total. The van der Waals surface area contributed by atoms with Crippen LogP contribution in [0.3, 0.4) is 0 Å². The van der Waals surface area contributed by atoms with Crippen LogP contribution in [-0.4, -0.2) is 63.2 Å². The molecule has 1 aromatic carbocycles. The van der Waals surface area contributed by atoms with Crippen molar-refractivity contribution in [1.29, 1.82) is 0 Å². The molecule has 2 spiro atoms. The van der Waals surface area contributed by atoms with Crippen molar-refractivity contribution in [3.8, 4) is 5.75 Å². The lowest BCUT2D eigenvalue weighted by Gasteiger charge is -2.42. The Morgan fingerprint density at radius 2 is 1.85 bits per heavy atom. The van der Waals surface area contributed by atoms with Crippen molar-refractivity contribution < 1.29 is 4.74 Å². The van der Waals surface area contributed by atoms with Crippen LogP contribution < -0.4 is 9.64 Å². The largest absolute Gasteiger partial charge is 0.495 e. The first kappa shape index (κ1) is 15.8. The topological polar surface area (TPSA) is 18.7 Å². The summed E-state index contributed by atoms with van der Waals surface area (Å²) in [4.78, 5) is 7.68. The fourth-order valence-electron chi connectivity index (χ4n) is 7.43. The Morgan fingerprint density at radius 3 is 2.62 bits per heavy atom. The first-order chi connectivity index (χ1) is 12.6. The summed E-state index contributed by atoms with van der Waals surface area (Å²) >= 11 is 0. The van der Waals surface area contributed by atoms with E-state index in [9.17, 15) is 0 Å². The highest BCUT2D eigenvalue weighted by atomic mass is 16.5. The summed E-state index contributed by atoms with van der Waals surface area (Å²) in [7, 11) is 6.45. The molecule has 2 saturated carbocycles. The molecule has 0 amide bonds. The second-order valence-electron chi connectivity index (χ2n) is 9.53. The highest BCUT2D eigenvalue weighted by Gasteiger charge is 2.80. The molecule has 140 valence electrons. The maximum atomic E-state index is 5.94. The van der Waals surface area contributed by atoms with E-state index < -0.39 is 0 Å². The molecule has 3 aliphatic carbocycles. The number of piperazine rings is 1. The number of nitrogens with zero attached hydrogens (tertiary/aromatic N) is 3. The van der Waals surface area contributed by atoms with Gasteiger partial charge < -0.3 is 14.5 Å². The van der Waals surface area contributed by atoms with Crippen LogP contribution in [0.1, 0.15) is 43.2 Å². The molecule has 1 aromatic rings. The summed E-state index contributed by atoms with van der Waals surface area (Å²) in [6.45, 7) is 4.48. The summed E-state index contributed by atoms with van der Waals surface area (Å²) in [5, 5.41) is 0. The Bertz CT molecular complexity index is 771. The number of piperidine rings is 1. The third-order valence-electron chi connectivity index (χ3n) is 8.70. The predicted octanol–water partition coefficient (Wildman–Crippen LogP) is 2.80. The average molecular weight is 354 g/mol. The van der Waals surface area contributed by atoms with Gasteiger partial charge in [0.15, 0.2) is 0 Å². The maximum absolute atomic E-state index is 5.94. The molecule has 2 saturated heterocycles. The first-order valence-corrected chi connectivity index (χ1v) is 10.5. The number of likely N-dealkylation sites (tertiary alicyclic amines) is 1. The molecule has 2 bridgehead atoms. The number of anilines is 1. The van der Waals surface area contributed by atoms with Crippen molar-refractivity contribution in [1.82, 2.24) is 9.80 Å². The van der Waals surface area contributed by atoms with E-state index in [-0.39, 0.29) is 0 Å². The van der Waals surface area contributed by atoms with Crippen molar-refractivity contribution in [2.24, 2.45) is 5.92 Å². The van der Waals surface area contributed by atoms with E-state index in [0.717, 1.165) is 43.9 Å². The van der Waals surface area contributed by atoms with E-state index in [0.29, 0.717) is 11.0 Å². The molecule has 0 aromatic heterocycles. The summed E-state index contributed by atoms with van der Waals surface area (Å²) in [6, 6.07) is 5.80. The highest BCUT2D eigenvalue weighted by Crippen LogP contribution is 2.77. The second kappa shape index (κ2) is 4.96. The molecule has 2 unspecified atom stereocenters. The predicted molar refractivity (Wildman–Crippen MR) is 104 cm³/mol. The lowest BCUT2D eigenvalue weighted by atomic mass is 9.63. The average Bonchev–Trinajstić information content (AvgIpc) is 3.00. The molecule has 4 heteroatoms. The number of hydrogen-bond acceptors (Lipinski definition) is 4. The fourth-order valence-corrected chi connectivity index (χ4v) is 7.43. The lowest BCUT2D eigenvalue weighted by molar-refractivity contribution is 0.172. The minimum Gasteiger partial charge on any atom is -0.495 e. The monoisotopic (exact) mass is 353 g/mol. The SMILES string of the molecule is COc1cc2c(cc1N1CCN(C)CC1)C13C[C@]24CCCC[C@@H]4[C@H]1N3C. The zero-order valence-electron chi connectivity index (χ0n) is 16.4. The Kier molecular flexibility index (Phi) is 3.01. The molecule has 0 N–H and O–H groups in total. The Morgan fingerprint density at radius 1 is 1.04 bits per heavy atom. The first-order valence-electron chi connectivity index (χ1n) is 10.5. The van der Waals surface area contributed by atoms with Gasteiger partial charge >= 0.3 is 0 Å². The summed E-state index contributed by atoms with van der Waals surface area (Å²) in [6.07, 6.45) is 7.03. The van der Waals surface area contributed by atoms with Crippen molar-refractivity contribution in [3.05, 3.63) is 23.3 Å². The van der Waals surface area contributed by atoms with Crippen LogP contribution in [0.5, 0.6) is 5.75 Å². The lowest BCUT2D eigenvalue weighted by Crippen LogP contribution is -2.44.